The molecule has 2 aromatic heterocycles. The number of fused-ring (bicyclic) bond motifs is 1. The Balaban J connectivity index is 1.33. The van der Waals surface area contributed by atoms with Crippen LogP contribution in [0.4, 0.5) is 11.8 Å². The van der Waals surface area contributed by atoms with Crippen molar-refractivity contribution in [3.63, 3.8) is 0 Å². The maximum Gasteiger partial charge on any atom is 0.227 e. The lowest BCUT2D eigenvalue weighted by atomic mass is 9.97. The zero-order valence-electron chi connectivity index (χ0n) is 19.1. The molecule has 1 aromatic carbocycles. The maximum absolute atomic E-state index is 5.51. The Bertz CT molecular complexity index is 1080. The number of aryl methyl sites for hydroxylation is 1. The molecular formula is C23H31BrN8O. The first-order valence-corrected chi connectivity index (χ1v) is 12.5. The summed E-state index contributed by atoms with van der Waals surface area (Å²) in [7, 11) is 1.89. The third-order valence-corrected chi connectivity index (χ3v) is 6.88. The summed E-state index contributed by atoms with van der Waals surface area (Å²) in [5.74, 6) is 2.32. The fraction of sp³-hybridized carbons (Fsp3) is 0.565. The molecule has 1 atom stereocenters. The summed E-state index contributed by atoms with van der Waals surface area (Å²) in [6.07, 6.45) is 5.17. The molecule has 176 valence electrons. The average molecular weight is 515 g/mol. The number of morpholine rings is 1. The molecule has 0 bridgehead atoms. The molecular weight excluding hydrogens is 484 g/mol. The second kappa shape index (κ2) is 10.3. The molecule has 0 saturated carbocycles. The smallest absolute Gasteiger partial charge is 0.227 e. The third kappa shape index (κ3) is 5.62. The first kappa shape index (κ1) is 22.5. The standard InChI is InChI=1S/C23H31BrN8O/c1-30-16-19(28-29-30)6-7-25-22-20-13-18(24)4-5-21(20)26-23(27-22)32-8-2-3-17(15-32)14-31-9-11-33-12-10-31/h4-5,13,16-17H,2-3,6-12,14-15H2,1H3,(H,25,26,27). The summed E-state index contributed by atoms with van der Waals surface area (Å²) in [5, 5.41) is 12.8. The van der Waals surface area contributed by atoms with E-state index in [1.807, 2.05) is 19.3 Å². The van der Waals surface area contributed by atoms with Gasteiger partial charge in [0.05, 0.1) is 24.4 Å². The number of anilines is 2. The minimum atomic E-state index is 0.633. The van der Waals surface area contributed by atoms with Crippen molar-refractivity contribution in [3.8, 4) is 0 Å². The van der Waals surface area contributed by atoms with Gasteiger partial charge in [-0.3, -0.25) is 9.58 Å². The molecule has 10 heteroatoms. The number of nitrogens with zero attached hydrogens (tertiary/aromatic N) is 7. The van der Waals surface area contributed by atoms with Gasteiger partial charge in [0.2, 0.25) is 5.95 Å². The van der Waals surface area contributed by atoms with Gasteiger partial charge < -0.3 is 15.0 Å². The Hall–Kier alpha value is -2.30. The van der Waals surface area contributed by atoms with Crippen LogP contribution >= 0.6 is 15.9 Å². The summed E-state index contributed by atoms with van der Waals surface area (Å²) < 4.78 is 8.26. The van der Waals surface area contributed by atoms with Gasteiger partial charge in [-0.15, -0.1) is 5.10 Å². The van der Waals surface area contributed by atoms with E-state index >= 15 is 0 Å². The predicted molar refractivity (Wildman–Crippen MR) is 133 cm³/mol. The van der Waals surface area contributed by atoms with Crippen molar-refractivity contribution in [3.05, 3.63) is 34.6 Å². The first-order chi connectivity index (χ1) is 16.1. The van der Waals surface area contributed by atoms with Gasteiger partial charge in [0.25, 0.3) is 0 Å². The summed E-state index contributed by atoms with van der Waals surface area (Å²) in [6.45, 7) is 7.64. The molecule has 0 amide bonds. The van der Waals surface area contributed by atoms with Gasteiger partial charge in [-0.1, -0.05) is 21.1 Å². The lowest BCUT2D eigenvalue weighted by molar-refractivity contribution is 0.0296. The van der Waals surface area contributed by atoms with E-state index in [0.29, 0.717) is 5.92 Å². The normalized spacial score (nSPS) is 19.8. The molecule has 0 spiro atoms. The third-order valence-electron chi connectivity index (χ3n) is 6.39. The Kier molecular flexibility index (Phi) is 7.03. The molecule has 9 nitrogen and oxygen atoms in total. The topological polar surface area (TPSA) is 84.2 Å². The predicted octanol–water partition coefficient (Wildman–Crippen LogP) is 2.72. The fourth-order valence-electron chi connectivity index (χ4n) is 4.73. The van der Waals surface area contributed by atoms with E-state index in [4.69, 9.17) is 14.7 Å². The van der Waals surface area contributed by atoms with Crippen molar-refractivity contribution in [2.45, 2.75) is 19.3 Å². The molecule has 2 saturated heterocycles. The van der Waals surface area contributed by atoms with Crippen molar-refractivity contribution in [1.29, 1.82) is 0 Å². The van der Waals surface area contributed by atoms with Gasteiger partial charge >= 0.3 is 0 Å². The number of aromatic nitrogens is 5. The van der Waals surface area contributed by atoms with Crippen LogP contribution in [0.3, 0.4) is 0 Å². The van der Waals surface area contributed by atoms with E-state index in [9.17, 15) is 0 Å². The number of piperidine rings is 1. The highest BCUT2D eigenvalue weighted by atomic mass is 79.9. The van der Waals surface area contributed by atoms with Crippen LogP contribution in [0.5, 0.6) is 0 Å². The molecule has 1 unspecified atom stereocenters. The van der Waals surface area contributed by atoms with Crippen LogP contribution in [-0.2, 0) is 18.2 Å². The molecule has 2 aliphatic heterocycles. The number of ether oxygens (including phenoxy) is 1. The van der Waals surface area contributed by atoms with Gasteiger partial charge in [-0.2, -0.15) is 4.98 Å². The minimum absolute atomic E-state index is 0.633. The Morgan fingerprint density at radius 2 is 2.06 bits per heavy atom. The largest absolute Gasteiger partial charge is 0.379 e. The molecule has 0 aliphatic carbocycles. The molecule has 2 fully saturated rings. The number of halogens is 1. The number of hydrogen-bond acceptors (Lipinski definition) is 8. The molecule has 3 aromatic rings. The van der Waals surface area contributed by atoms with E-state index in [2.05, 4.69) is 53.5 Å². The summed E-state index contributed by atoms with van der Waals surface area (Å²) in [4.78, 5) is 14.8. The van der Waals surface area contributed by atoms with E-state index in [1.165, 1.54) is 12.8 Å². The van der Waals surface area contributed by atoms with Crippen LogP contribution in [0.1, 0.15) is 18.5 Å². The summed E-state index contributed by atoms with van der Waals surface area (Å²) >= 11 is 3.60. The highest BCUT2D eigenvalue weighted by molar-refractivity contribution is 9.10. The molecule has 4 heterocycles. The van der Waals surface area contributed by atoms with Gasteiger partial charge in [0.1, 0.15) is 5.82 Å². The van der Waals surface area contributed by atoms with Crippen LogP contribution in [0.2, 0.25) is 0 Å². The van der Waals surface area contributed by atoms with Gasteiger partial charge in [-0.05, 0) is 37.0 Å². The van der Waals surface area contributed by atoms with E-state index in [0.717, 1.165) is 91.7 Å². The van der Waals surface area contributed by atoms with E-state index in [1.54, 1.807) is 4.68 Å². The SMILES string of the molecule is Cn1cc(CCNc2nc(N3CCCC(CN4CCOCC4)C3)nc3ccc(Br)cc23)nn1. The monoisotopic (exact) mass is 514 g/mol. The second-order valence-corrected chi connectivity index (χ2v) is 9.88. The number of rotatable bonds is 7. The highest BCUT2D eigenvalue weighted by Crippen LogP contribution is 2.29. The van der Waals surface area contributed by atoms with Crippen molar-refractivity contribution in [1.82, 2.24) is 29.9 Å². The van der Waals surface area contributed by atoms with Gasteiger partial charge in [0, 0.05) is 68.8 Å². The fourth-order valence-corrected chi connectivity index (χ4v) is 5.09. The summed E-state index contributed by atoms with van der Waals surface area (Å²) in [6, 6.07) is 6.19. The Labute approximate surface area is 202 Å². The van der Waals surface area contributed by atoms with Crippen LogP contribution in [0, 0.1) is 5.92 Å². The van der Waals surface area contributed by atoms with E-state index < -0.39 is 0 Å². The average Bonchev–Trinajstić information content (AvgIpc) is 3.25. The maximum atomic E-state index is 5.51. The van der Waals surface area contributed by atoms with Crippen LogP contribution in [0.15, 0.2) is 28.9 Å². The minimum Gasteiger partial charge on any atom is -0.379 e. The Morgan fingerprint density at radius 3 is 2.88 bits per heavy atom. The van der Waals surface area contributed by atoms with Crippen LogP contribution in [-0.4, -0.2) is 82.3 Å². The van der Waals surface area contributed by atoms with Crippen molar-refractivity contribution in [2.75, 3.05) is 62.7 Å². The Morgan fingerprint density at radius 1 is 1.18 bits per heavy atom. The van der Waals surface area contributed by atoms with E-state index in [-0.39, 0.29) is 0 Å². The lowest BCUT2D eigenvalue weighted by Gasteiger charge is -2.37. The van der Waals surface area contributed by atoms with Crippen molar-refractivity contribution in [2.24, 2.45) is 13.0 Å². The number of hydrogen-bond donors (Lipinski definition) is 1. The van der Waals surface area contributed by atoms with Gasteiger partial charge in [0.15, 0.2) is 0 Å². The van der Waals surface area contributed by atoms with Crippen molar-refractivity contribution < 1.29 is 4.74 Å². The second-order valence-electron chi connectivity index (χ2n) is 8.96. The molecule has 0 radical (unpaired) electrons. The van der Waals surface area contributed by atoms with Gasteiger partial charge in [-0.25, -0.2) is 4.98 Å². The lowest BCUT2D eigenvalue weighted by Crippen LogP contribution is -2.45. The van der Waals surface area contributed by atoms with Crippen LogP contribution in [0.25, 0.3) is 10.9 Å². The quantitative estimate of drug-likeness (QED) is 0.515. The summed E-state index contributed by atoms with van der Waals surface area (Å²) in [5.41, 5.74) is 1.92. The number of benzene rings is 1. The first-order valence-electron chi connectivity index (χ1n) is 11.8. The zero-order chi connectivity index (χ0) is 22.6. The van der Waals surface area contributed by atoms with Crippen LogP contribution < -0.4 is 10.2 Å². The molecule has 5 rings (SSSR count). The van der Waals surface area contributed by atoms with Crippen molar-refractivity contribution >= 4 is 38.6 Å². The molecule has 2 aliphatic rings. The number of nitrogens with one attached hydrogen (secondary N) is 1. The molecule has 33 heavy (non-hydrogen) atoms. The highest BCUT2D eigenvalue weighted by Gasteiger charge is 2.25. The zero-order valence-corrected chi connectivity index (χ0v) is 20.7. The molecule has 1 N–H and O–H groups in total.